The van der Waals surface area contributed by atoms with Gasteiger partial charge in [-0.3, -0.25) is 0 Å². The number of hydrogen-bond acceptors (Lipinski definition) is 2. The molecule has 0 atom stereocenters. The summed E-state index contributed by atoms with van der Waals surface area (Å²) in [6.45, 7) is 8.39. The van der Waals surface area contributed by atoms with Gasteiger partial charge < -0.3 is 4.74 Å². The van der Waals surface area contributed by atoms with Crippen LogP contribution in [0.1, 0.15) is 0 Å². The van der Waals surface area contributed by atoms with Crippen LogP contribution in [-0.4, -0.2) is 24.5 Å². The van der Waals surface area contributed by atoms with E-state index in [-0.39, 0.29) is 0 Å². The first-order valence-corrected chi connectivity index (χ1v) is 11.3. The lowest BCUT2D eigenvalue weighted by molar-refractivity contribution is 0.0787. The van der Waals surface area contributed by atoms with Crippen molar-refractivity contribution in [3.8, 4) is 11.3 Å². The molecule has 2 rings (SSSR count). The van der Waals surface area contributed by atoms with Crippen LogP contribution in [0.2, 0.25) is 25.7 Å². The summed E-state index contributed by atoms with van der Waals surface area (Å²) in [7, 11) is -1.02. The number of halogens is 1. The molecule has 0 fully saturated rings. The van der Waals surface area contributed by atoms with E-state index in [1.807, 2.05) is 29.1 Å². The summed E-state index contributed by atoms with van der Waals surface area (Å²) in [5.41, 5.74) is 2.07. The fourth-order valence-corrected chi connectivity index (χ4v) is 3.09. The van der Waals surface area contributed by atoms with Crippen LogP contribution in [0.25, 0.3) is 11.3 Å². The Morgan fingerprint density at radius 2 is 1.90 bits per heavy atom. The molecule has 1 aromatic heterocycles. The molecule has 3 nitrogen and oxygen atoms in total. The molecule has 0 spiro atoms. The molecule has 0 aliphatic carbocycles. The van der Waals surface area contributed by atoms with Gasteiger partial charge in [-0.1, -0.05) is 50.0 Å². The van der Waals surface area contributed by atoms with Crippen molar-refractivity contribution >= 4 is 24.0 Å². The van der Waals surface area contributed by atoms with E-state index in [0.717, 1.165) is 22.3 Å². The summed E-state index contributed by atoms with van der Waals surface area (Å²) in [4.78, 5) is 0. The zero-order chi connectivity index (χ0) is 14.6. The maximum absolute atomic E-state index is 5.71. The van der Waals surface area contributed by atoms with Crippen LogP contribution in [0, 0.1) is 0 Å². The maximum Gasteiger partial charge on any atom is 0.139 e. The van der Waals surface area contributed by atoms with E-state index in [1.54, 1.807) is 0 Å². The van der Waals surface area contributed by atoms with Crippen molar-refractivity contribution in [1.82, 2.24) is 9.78 Å². The Labute approximate surface area is 130 Å². The number of aromatic nitrogens is 2. The number of nitrogens with zero attached hydrogens (tertiary/aromatic N) is 2. The highest BCUT2D eigenvalue weighted by molar-refractivity contribution is 9.10. The van der Waals surface area contributed by atoms with Gasteiger partial charge in [-0.15, -0.1) is 0 Å². The van der Waals surface area contributed by atoms with E-state index < -0.39 is 8.07 Å². The Morgan fingerprint density at radius 1 is 1.20 bits per heavy atom. The minimum Gasteiger partial charge on any atom is -0.360 e. The minimum atomic E-state index is -1.02. The average molecular weight is 353 g/mol. The Morgan fingerprint density at radius 3 is 2.55 bits per heavy atom. The molecular weight excluding hydrogens is 332 g/mol. The average Bonchev–Trinajstić information content (AvgIpc) is 2.76. The summed E-state index contributed by atoms with van der Waals surface area (Å²) in [5.74, 6) is 0. The molecule has 0 radical (unpaired) electrons. The van der Waals surface area contributed by atoms with Gasteiger partial charge in [0, 0.05) is 26.4 Å². The van der Waals surface area contributed by atoms with Crippen LogP contribution in [0.5, 0.6) is 0 Å². The van der Waals surface area contributed by atoms with E-state index in [1.165, 1.54) is 6.04 Å². The van der Waals surface area contributed by atoms with Gasteiger partial charge in [0.1, 0.15) is 12.4 Å². The number of rotatable bonds is 6. The first-order valence-electron chi connectivity index (χ1n) is 6.82. The zero-order valence-corrected chi connectivity index (χ0v) is 14.9. The lowest BCUT2D eigenvalue weighted by Gasteiger charge is -2.15. The quantitative estimate of drug-likeness (QED) is 0.559. The van der Waals surface area contributed by atoms with Crippen LogP contribution in [0.15, 0.2) is 41.0 Å². The number of benzene rings is 1. The molecule has 0 N–H and O–H groups in total. The summed E-state index contributed by atoms with van der Waals surface area (Å²) in [5, 5.41) is 4.57. The minimum absolute atomic E-state index is 0.510. The monoisotopic (exact) mass is 352 g/mol. The van der Waals surface area contributed by atoms with Crippen molar-refractivity contribution in [3.05, 3.63) is 41.0 Å². The largest absolute Gasteiger partial charge is 0.360 e. The molecular formula is C15H21BrN2OSi. The van der Waals surface area contributed by atoms with Gasteiger partial charge in [0.2, 0.25) is 0 Å². The first-order chi connectivity index (χ1) is 9.46. The molecule has 0 aliphatic rings. The maximum atomic E-state index is 5.71. The van der Waals surface area contributed by atoms with Crippen molar-refractivity contribution in [3.63, 3.8) is 0 Å². The van der Waals surface area contributed by atoms with Gasteiger partial charge in [-0.25, -0.2) is 4.68 Å². The fourth-order valence-electron chi connectivity index (χ4n) is 1.79. The van der Waals surface area contributed by atoms with Crippen LogP contribution in [0.4, 0.5) is 0 Å². The summed E-state index contributed by atoms with van der Waals surface area (Å²) in [6, 6.07) is 11.3. The molecule has 0 unspecified atom stereocenters. The molecule has 0 aliphatic heterocycles. The van der Waals surface area contributed by atoms with E-state index >= 15 is 0 Å². The van der Waals surface area contributed by atoms with Gasteiger partial charge >= 0.3 is 0 Å². The second-order valence-electron chi connectivity index (χ2n) is 6.08. The number of hydrogen-bond donors (Lipinski definition) is 0. The van der Waals surface area contributed by atoms with Gasteiger partial charge in [0.15, 0.2) is 0 Å². The Bertz CT molecular complexity index is 549. The van der Waals surface area contributed by atoms with Crippen molar-refractivity contribution in [2.45, 2.75) is 32.4 Å². The van der Waals surface area contributed by atoms with E-state index in [2.05, 4.69) is 52.8 Å². The molecule has 1 aromatic carbocycles. The van der Waals surface area contributed by atoms with E-state index in [9.17, 15) is 0 Å². The molecule has 1 heterocycles. The molecule has 0 bridgehead atoms. The van der Waals surface area contributed by atoms with Crippen LogP contribution >= 0.6 is 15.9 Å². The smallest absolute Gasteiger partial charge is 0.139 e. The zero-order valence-electron chi connectivity index (χ0n) is 12.3. The molecule has 5 heteroatoms. The van der Waals surface area contributed by atoms with Crippen LogP contribution in [-0.2, 0) is 11.5 Å². The van der Waals surface area contributed by atoms with Crippen LogP contribution < -0.4 is 0 Å². The van der Waals surface area contributed by atoms with Crippen molar-refractivity contribution in [2.24, 2.45) is 0 Å². The lowest BCUT2D eigenvalue weighted by Crippen LogP contribution is -2.22. The molecule has 0 saturated heterocycles. The second kappa shape index (κ2) is 6.69. The summed E-state index contributed by atoms with van der Waals surface area (Å²) < 4.78 is 8.56. The van der Waals surface area contributed by atoms with Crippen LogP contribution in [0.3, 0.4) is 0 Å². The highest BCUT2D eigenvalue weighted by Crippen LogP contribution is 2.26. The van der Waals surface area contributed by atoms with E-state index in [0.29, 0.717) is 6.73 Å². The molecule has 0 amide bonds. The SMILES string of the molecule is C[Si](C)(C)CCOCn1cc(Br)c(-c2ccccc2)n1. The van der Waals surface area contributed by atoms with Crippen molar-refractivity contribution in [2.75, 3.05) is 6.61 Å². The molecule has 2 aromatic rings. The fraction of sp³-hybridized carbons (Fsp3) is 0.400. The number of ether oxygens (including phenoxy) is 1. The first kappa shape index (κ1) is 15.5. The molecule has 0 saturated carbocycles. The van der Waals surface area contributed by atoms with E-state index in [4.69, 9.17) is 4.74 Å². The standard InChI is InChI=1S/C15H21BrN2OSi/c1-20(2,3)10-9-19-12-18-11-14(16)15(17-18)13-7-5-4-6-8-13/h4-8,11H,9-10,12H2,1-3H3. The van der Waals surface area contributed by atoms with Crippen molar-refractivity contribution in [1.29, 1.82) is 0 Å². The second-order valence-corrected chi connectivity index (χ2v) is 12.6. The normalized spacial score (nSPS) is 11.8. The lowest BCUT2D eigenvalue weighted by atomic mass is 10.2. The Hall–Kier alpha value is -0.913. The summed E-state index contributed by atoms with van der Waals surface area (Å²) >= 11 is 3.56. The predicted molar refractivity (Wildman–Crippen MR) is 89.5 cm³/mol. The van der Waals surface area contributed by atoms with Crippen molar-refractivity contribution < 1.29 is 4.74 Å². The third-order valence-electron chi connectivity index (χ3n) is 2.98. The Kier molecular flexibility index (Phi) is 5.18. The Balaban J connectivity index is 1.95. The summed E-state index contributed by atoms with van der Waals surface area (Å²) in [6.07, 6.45) is 1.97. The van der Waals surface area contributed by atoms with Gasteiger partial charge in [0.25, 0.3) is 0 Å². The highest BCUT2D eigenvalue weighted by Gasteiger charge is 2.12. The predicted octanol–water partition coefficient (Wildman–Crippen LogP) is 4.62. The third kappa shape index (κ3) is 4.58. The van der Waals surface area contributed by atoms with Gasteiger partial charge in [-0.05, 0) is 22.0 Å². The molecule has 108 valence electrons. The van der Waals surface area contributed by atoms with Gasteiger partial charge in [-0.2, -0.15) is 5.10 Å². The third-order valence-corrected chi connectivity index (χ3v) is 5.27. The molecule has 20 heavy (non-hydrogen) atoms. The highest BCUT2D eigenvalue weighted by atomic mass is 79.9. The van der Waals surface area contributed by atoms with Gasteiger partial charge in [0.05, 0.1) is 4.47 Å². The topological polar surface area (TPSA) is 27.1 Å².